The van der Waals surface area contributed by atoms with Crippen molar-refractivity contribution in [3.63, 3.8) is 0 Å². The predicted octanol–water partition coefficient (Wildman–Crippen LogP) is 0.00470. The van der Waals surface area contributed by atoms with Gasteiger partial charge in [0, 0.05) is 19.6 Å². The van der Waals surface area contributed by atoms with Gasteiger partial charge in [-0.15, -0.1) is 0 Å². The number of likely N-dealkylation sites (N-methyl/N-ethyl adjacent to an activating group) is 1. The van der Waals surface area contributed by atoms with Gasteiger partial charge in [-0.05, 0) is 33.5 Å². The monoisotopic (exact) mass is 172 g/mol. The quantitative estimate of drug-likeness (QED) is 0.649. The highest BCUT2D eigenvalue weighted by molar-refractivity contribution is 4.71. The Morgan fingerprint density at radius 2 is 2.25 bits per heavy atom. The van der Waals surface area contributed by atoms with Gasteiger partial charge in [0.15, 0.2) is 0 Å². The van der Waals surface area contributed by atoms with Crippen molar-refractivity contribution >= 4 is 0 Å². The van der Waals surface area contributed by atoms with E-state index in [1.807, 2.05) is 0 Å². The third-order valence-electron chi connectivity index (χ3n) is 2.34. The van der Waals surface area contributed by atoms with Crippen LogP contribution in [0.4, 0.5) is 0 Å². The van der Waals surface area contributed by atoms with Crippen LogP contribution < -0.4 is 0 Å². The van der Waals surface area contributed by atoms with Gasteiger partial charge in [0.25, 0.3) is 0 Å². The van der Waals surface area contributed by atoms with E-state index in [1.54, 1.807) is 0 Å². The molecule has 1 saturated heterocycles. The van der Waals surface area contributed by atoms with Crippen LogP contribution in [0.25, 0.3) is 0 Å². The van der Waals surface area contributed by atoms with E-state index in [-0.39, 0.29) is 6.10 Å². The first kappa shape index (κ1) is 9.96. The lowest BCUT2D eigenvalue weighted by Gasteiger charge is -2.30. The molecule has 0 spiro atoms. The molecular formula is C9H20N2O. The third kappa shape index (κ3) is 3.52. The summed E-state index contributed by atoms with van der Waals surface area (Å²) in [5.41, 5.74) is 0. The van der Waals surface area contributed by atoms with E-state index in [4.69, 9.17) is 0 Å². The van der Waals surface area contributed by atoms with Crippen molar-refractivity contribution in [1.29, 1.82) is 0 Å². The second-order valence-corrected chi connectivity index (χ2v) is 3.90. The molecule has 0 aromatic rings. The maximum Gasteiger partial charge on any atom is 0.0667 e. The Hall–Kier alpha value is -0.120. The molecule has 1 fully saturated rings. The summed E-state index contributed by atoms with van der Waals surface area (Å²) < 4.78 is 0. The number of hydrogen-bond donors (Lipinski definition) is 1. The minimum atomic E-state index is -0.0825. The van der Waals surface area contributed by atoms with Crippen LogP contribution in [0, 0.1) is 0 Å². The standard InChI is InChI=1S/C9H20N2O/c1-10(2)6-7-11-5-3-4-9(12)8-11/h9,12H,3-8H2,1-2H3/t9-/m0/s1. The van der Waals surface area contributed by atoms with Crippen molar-refractivity contribution in [2.45, 2.75) is 18.9 Å². The van der Waals surface area contributed by atoms with Crippen LogP contribution in [-0.2, 0) is 0 Å². The van der Waals surface area contributed by atoms with E-state index < -0.39 is 0 Å². The molecule has 0 radical (unpaired) electrons. The van der Waals surface area contributed by atoms with E-state index in [9.17, 15) is 5.11 Å². The van der Waals surface area contributed by atoms with Gasteiger partial charge >= 0.3 is 0 Å². The fraction of sp³-hybridized carbons (Fsp3) is 1.00. The summed E-state index contributed by atoms with van der Waals surface area (Å²) >= 11 is 0. The normalized spacial score (nSPS) is 26.5. The average Bonchev–Trinajstić information content (AvgIpc) is 2.01. The summed E-state index contributed by atoms with van der Waals surface area (Å²) in [5.74, 6) is 0. The topological polar surface area (TPSA) is 26.7 Å². The fourth-order valence-corrected chi connectivity index (χ4v) is 1.58. The molecule has 1 rings (SSSR count). The van der Waals surface area contributed by atoms with Crippen LogP contribution in [0.2, 0.25) is 0 Å². The number of aliphatic hydroxyl groups is 1. The van der Waals surface area contributed by atoms with Crippen LogP contribution in [0.5, 0.6) is 0 Å². The number of piperidine rings is 1. The summed E-state index contributed by atoms with van der Waals surface area (Å²) in [4.78, 5) is 4.52. The van der Waals surface area contributed by atoms with Crippen LogP contribution >= 0.6 is 0 Å². The summed E-state index contributed by atoms with van der Waals surface area (Å²) in [6.45, 7) is 4.20. The van der Waals surface area contributed by atoms with Gasteiger partial charge in [0.2, 0.25) is 0 Å². The number of β-amino-alcohol motifs (C(OH)–C–C–N with tert-alkyl or cyclic N) is 1. The van der Waals surface area contributed by atoms with Crippen molar-refractivity contribution in [2.75, 3.05) is 40.3 Å². The molecular weight excluding hydrogens is 152 g/mol. The first-order valence-electron chi connectivity index (χ1n) is 4.73. The van der Waals surface area contributed by atoms with Gasteiger partial charge in [-0.3, -0.25) is 4.90 Å². The molecule has 1 aliphatic rings. The number of aliphatic hydroxyl groups excluding tert-OH is 1. The Kier molecular flexibility index (Phi) is 3.98. The predicted molar refractivity (Wildman–Crippen MR) is 50.2 cm³/mol. The molecule has 0 aliphatic carbocycles. The molecule has 0 amide bonds. The number of likely N-dealkylation sites (tertiary alicyclic amines) is 1. The van der Waals surface area contributed by atoms with Crippen molar-refractivity contribution in [3.8, 4) is 0 Å². The zero-order chi connectivity index (χ0) is 8.97. The molecule has 1 N–H and O–H groups in total. The second kappa shape index (κ2) is 4.80. The summed E-state index contributed by atoms with van der Waals surface area (Å²) in [6.07, 6.45) is 2.05. The molecule has 3 heteroatoms. The first-order valence-corrected chi connectivity index (χ1v) is 4.73. The van der Waals surface area contributed by atoms with E-state index in [0.717, 1.165) is 39.0 Å². The fourth-order valence-electron chi connectivity index (χ4n) is 1.58. The zero-order valence-corrected chi connectivity index (χ0v) is 8.16. The summed E-state index contributed by atoms with van der Waals surface area (Å²) in [6, 6.07) is 0. The lowest BCUT2D eigenvalue weighted by molar-refractivity contribution is 0.0674. The average molecular weight is 172 g/mol. The Morgan fingerprint density at radius 1 is 1.50 bits per heavy atom. The van der Waals surface area contributed by atoms with E-state index in [2.05, 4.69) is 23.9 Å². The van der Waals surface area contributed by atoms with Crippen molar-refractivity contribution in [2.24, 2.45) is 0 Å². The Labute approximate surface area is 75.0 Å². The van der Waals surface area contributed by atoms with Gasteiger partial charge in [-0.2, -0.15) is 0 Å². The molecule has 0 saturated carbocycles. The van der Waals surface area contributed by atoms with Gasteiger partial charge in [-0.25, -0.2) is 0 Å². The largest absolute Gasteiger partial charge is 0.392 e. The molecule has 0 aromatic carbocycles. The van der Waals surface area contributed by atoms with Crippen molar-refractivity contribution in [3.05, 3.63) is 0 Å². The molecule has 1 aliphatic heterocycles. The Balaban J connectivity index is 2.14. The zero-order valence-electron chi connectivity index (χ0n) is 8.16. The Bertz CT molecular complexity index is 128. The van der Waals surface area contributed by atoms with Crippen molar-refractivity contribution in [1.82, 2.24) is 9.80 Å². The smallest absolute Gasteiger partial charge is 0.0667 e. The Morgan fingerprint density at radius 3 is 2.83 bits per heavy atom. The molecule has 0 bridgehead atoms. The molecule has 0 unspecified atom stereocenters. The number of rotatable bonds is 3. The van der Waals surface area contributed by atoms with Crippen LogP contribution in [0.3, 0.4) is 0 Å². The van der Waals surface area contributed by atoms with Crippen LogP contribution in [0.1, 0.15) is 12.8 Å². The van der Waals surface area contributed by atoms with Gasteiger partial charge < -0.3 is 10.0 Å². The summed E-state index contributed by atoms with van der Waals surface area (Å²) in [5, 5.41) is 9.39. The van der Waals surface area contributed by atoms with Crippen molar-refractivity contribution < 1.29 is 5.11 Å². The molecule has 0 aromatic heterocycles. The summed E-state index contributed by atoms with van der Waals surface area (Å²) in [7, 11) is 4.17. The lowest BCUT2D eigenvalue weighted by atomic mass is 10.1. The molecule has 1 heterocycles. The minimum Gasteiger partial charge on any atom is -0.392 e. The van der Waals surface area contributed by atoms with E-state index in [0.29, 0.717) is 0 Å². The second-order valence-electron chi connectivity index (χ2n) is 3.90. The number of nitrogens with zero attached hydrogens (tertiary/aromatic N) is 2. The third-order valence-corrected chi connectivity index (χ3v) is 2.34. The SMILES string of the molecule is CN(C)CCN1CCC[C@H](O)C1. The first-order chi connectivity index (χ1) is 5.68. The van der Waals surface area contributed by atoms with Gasteiger partial charge in [-0.1, -0.05) is 0 Å². The van der Waals surface area contributed by atoms with E-state index >= 15 is 0 Å². The van der Waals surface area contributed by atoms with Crippen LogP contribution in [-0.4, -0.2) is 61.3 Å². The molecule has 3 nitrogen and oxygen atoms in total. The maximum absolute atomic E-state index is 9.39. The van der Waals surface area contributed by atoms with Gasteiger partial charge in [0.1, 0.15) is 0 Å². The maximum atomic E-state index is 9.39. The highest BCUT2D eigenvalue weighted by Crippen LogP contribution is 2.08. The molecule has 72 valence electrons. The molecule has 12 heavy (non-hydrogen) atoms. The minimum absolute atomic E-state index is 0.0825. The highest BCUT2D eigenvalue weighted by Gasteiger charge is 2.16. The van der Waals surface area contributed by atoms with E-state index in [1.165, 1.54) is 0 Å². The lowest BCUT2D eigenvalue weighted by Crippen LogP contribution is -2.41. The van der Waals surface area contributed by atoms with Gasteiger partial charge in [0.05, 0.1) is 6.10 Å². The highest BCUT2D eigenvalue weighted by atomic mass is 16.3. The number of hydrogen-bond acceptors (Lipinski definition) is 3. The van der Waals surface area contributed by atoms with Crippen LogP contribution in [0.15, 0.2) is 0 Å². The molecule has 1 atom stereocenters.